The summed E-state index contributed by atoms with van der Waals surface area (Å²) in [5, 5.41) is 14.4. The summed E-state index contributed by atoms with van der Waals surface area (Å²) in [5.74, 6) is -0.237. The molecule has 0 spiro atoms. The Morgan fingerprint density at radius 3 is 3.00 bits per heavy atom. The second-order valence-electron chi connectivity index (χ2n) is 5.05. The Bertz CT molecular complexity index is 405. The molecule has 0 saturated heterocycles. The van der Waals surface area contributed by atoms with E-state index in [1.807, 2.05) is 5.38 Å². The summed E-state index contributed by atoms with van der Waals surface area (Å²) in [5.41, 5.74) is 0.842. The topological polar surface area (TPSA) is 62.2 Å². The number of rotatable bonds is 4. The maximum Gasteiger partial charge on any atom is 0.365 e. The lowest BCUT2D eigenvalue weighted by Gasteiger charge is -2.22. The number of aromatic nitrogens is 1. The highest BCUT2D eigenvalue weighted by Gasteiger charge is 2.19. The van der Waals surface area contributed by atoms with Gasteiger partial charge in [0.1, 0.15) is 0 Å². The molecule has 2 atom stereocenters. The molecular weight excluding hydrogens is 248 g/mol. The average molecular weight is 268 g/mol. The van der Waals surface area contributed by atoms with Gasteiger partial charge in [0.25, 0.3) is 0 Å². The highest BCUT2D eigenvalue weighted by Crippen LogP contribution is 2.23. The fourth-order valence-electron chi connectivity index (χ4n) is 2.52. The summed E-state index contributed by atoms with van der Waals surface area (Å²) >= 11 is 1.20. The third-order valence-corrected chi connectivity index (χ3v) is 4.52. The number of nitrogens with one attached hydrogen (secondary N) is 1. The monoisotopic (exact) mass is 268 g/mol. The summed E-state index contributed by atoms with van der Waals surface area (Å²) in [6.45, 7) is 2.98. The highest BCUT2D eigenvalue weighted by molar-refractivity contribution is 7.11. The van der Waals surface area contributed by atoms with E-state index in [4.69, 9.17) is 5.11 Å². The van der Waals surface area contributed by atoms with Crippen molar-refractivity contribution in [3.63, 3.8) is 0 Å². The average Bonchev–Trinajstić information content (AvgIpc) is 2.72. The lowest BCUT2D eigenvalue weighted by molar-refractivity contribution is 0.0696. The van der Waals surface area contributed by atoms with Crippen molar-refractivity contribution >= 4 is 17.3 Å². The van der Waals surface area contributed by atoms with E-state index in [0.717, 1.165) is 5.69 Å². The molecular formula is C13H20N2O2S. The number of carboxylic acid groups (broad SMARTS) is 1. The molecule has 0 radical (unpaired) electrons. The van der Waals surface area contributed by atoms with Gasteiger partial charge in [-0.1, -0.05) is 26.2 Å². The van der Waals surface area contributed by atoms with Crippen LogP contribution in [0.3, 0.4) is 0 Å². The van der Waals surface area contributed by atoms with E-state index < -0.39 is 5.97 Å². The largest absolute Gasteiger partial charge is 0.476 e. The van der Waals surface area contributed by atoms with Crippen LogP contribution in [0.1, 0.15) is 54.5 Å². The minimum Gasteiger partial charge on any atom is -0.476 e. The number of aromatic carboxylic acids is 1. The quantitative estimate of drug-likeness (QED) is 0.824. The molecule has 100 valence electrons. The molecule has 1 aliphatic rings. The van der Waals surface area contributed by atoms with E-state index in [-0.39, 0.29) is 5.01 Å². The van der Waals surface area contributed by atoms with Crippen LogP contribution in [0.2, 0.25) is 0 Å². The first-order chi connectivity index (χ1) is 8.66. The molecule has 1 heterocycles. The van der Waals surface area contributed by atoms with Crippen LogP contribution in [0.5, 0.6) is 0 Å². The van der Waals surface area contributed by atoms with Gasteiger partial charge in [-0.05, 0) is 18.8 Å². The molecule has 1 aliphatic carbocycles. The number of nitrogens with zero attached hydrogens (tertiary/aromatic N) is 1. The SMILES string of the molecule is CC1CCCCCC1NCc1csc(C(=O)O)n1. The summed E-state index contributed by atoms with van der Waals surface area (Å²) in [7, 11) is 0. The van der Waals surface area contributed by atoms with Crippen molar-refractivity contribution in [2.24, 2.45) is 5.92 Å². The van der Waals surface area contributed by atoms with Gasteiger partial charge < -0.3 is 10.4 Å². The summed E-state index contributed by atoms with van der Waals surface area (Å²) < 4.78 is 0. The van der Waals surface area contributed by atoms with Gasteiger partial charge in [-0.25, -0.2) is 9.78 Å². The molecule has 2 N–H and O–H groups in total. The molecule has 0 aromatic carbocycles. The van der Waals surface area contributed by atoms with E-state index in [9.17, 15) is 4.79 Å². The van der Waals surface area contributed by atoms with Gasteiger partial charge in [0.05, 0.1) is 5.69 Å². The van der Waals surface area contributed by atoms with Gasteiger partial charge in [0.2, 0.25) is 5.01 Å². The molecule has 1 aromatic rings. The summed E-state index contributed by atoms with van der Waals surface area (Å²) in [6, 6.07) is 0.544. The van der Waals surface area contributed by atoms with Crippen LogP contribution in [-0.4, -0.2) is 22.1 Å². The van der Waals surface area contributed by atoms with E-state index >= 15 is 0 Å². The van der Waals surface area contributed by atoms with Crippen molar-refractivity contribution in [2.75, 3.05) is 0 Å². The maximum absolute atomic E-state index is 10.7. The molecule has 2 unspecified atom stereocenters. The Labute approximate surface area is 111 Å². The molecule has 2 rings (SSSR count). The van der Waals surface area contributed by atoms with Gasteiger partial charge in [-0.15, -0.1) is 11.3 Å². The Hall–Kier alpha value is -0.940. The fraction of sp³-hybridized carbons (Fsp3) is 0.692. The maximum atomic E-state index is 10.7. The standard InChI is InChI=1S/C13H20N2O2S/c1-9-5-3-2-4-6-11(9)14-7-10-8-18-12(15-10)13(16)17/h8-9,11,14H,2-7H2,1H3,(H,16,17). The molecule has 1 fully saturated rings. The lowest BCUT2D eigenvalue weighted by Crippen LogP contribution is -2.33. The Morgan fingerprint density at radius 1 is 1.50 bits per heavy atom. The van der Waals surface area contributed by atoms with Crippen molar-refractivity contribution in [3.8, 4) is 0 Å². The first kappa shape index (κ1) is 13.5. The van der Waals surface area contributed by atoms with Crippen molar-refractivity contribution < 1.29 is 9.90 Å². The zero-order valence-corrected chi connectivity index (χ0v) is 11.5. The van der Waals surface area contributed by atoms with Gasteiger partial charge in [-0.2, -0.15) is 0 Å². The predicted octanol–water partition coefficient (Wildman–Crippen LogP) is 2.90. The lowest BCUT2D eigenvalue weighted by atomic mass is 9.97. The van der Waals surface area contributed by atoms with Crippen LogP contribution < -0.4 is 5.32 Å². The first-order valence-electron chi connectivity index (χ1n) is 6.58. The second kappa shape index (κ2) is 6.29. The van der Waals surface area contributed by atoms with E-state index in [2.05, 4.69) is 17.2 Å². The van der Waals surface area contributed by atoms with Crippen LogP contribution in [0.25, 0.3) is 0 Å². The molecule has 5 heteroatoms. The number of carboxylic acids is 1. The highest BCUT2D eigenvalue weighted by atomic mass is 32.1. The summed E-state index contributed by atoms with van der Waals surface area (Å²) in [6.07, 6.45) is 6.47. The van der Waals surface area contributed by atoms with Crippen LogP contribution >= 0.6 is 11.3 Å². The summed E-state index contributed by atoms with van der Waals surface area (Å²) in [4.78, 5) is 14.8. The van der Waals surface area contributed by atoms with Crippen LogP contribution in [0, 0.1) is 5.92 Å². The molecule has 18 heavy (non-hydrogen) atoms. The van der Waals surface area contributed by atoms with Gasteiger partial charge in [-0.3, -0.25) is 0 Å². The van der Waals surface area contributed by atoms with Gasteiger partial charge in [0.15, 0.2) is 0 Å². The Morgan fingerprint density at radius 2 is 2.28 bits per heavy atom. The van der Waals surface area contributed by atoms with Crippen LogP contribution in [-0.2, 0) is 6.54 Å². The van der Waals surface area contributed by atoms with E-state index in [0.29, 0.717) is 18.5 Å². The van der Waals surface area contributed by atoms with Crippen molar-refractivity contribution in [1.29, 1.82) is 0 Å². The number of thiazole rings is 1. The molecule has 1 aromatic heterocycles. The van der Waals surface area contributed by atoms with Gasteiger partial charge in [0, 0.05) is 18.0 Å². The smallest absolute Gasteiger partial charge is 0.365 e. The van der Waals surface area contributed by atoms with Crippen LogP contribution in [0.4, 0.5) is 0 Å². The third-order valence-electron chi connectivity index (χ3n) is 3.64. The number of carbonyl (C=O) groups is 1. The van der Waals surface area contributed by atoms with Gasteiger partial charge >= 0.3 is 5.97 Å². The zero-order chi connectivity index (χ0) is 13.0. The molecule has 0 amide bonds. The van der Waals surface area contributed by atoms with Crippen molar-refractivity contribution in [3.05, 3.63) is 16.1 Å². The Kier molecular flexibility index (Phi) is 4.72. The van der Waals surface area contributed by atoms with E-state index in [1.54, 1.807) is 0 Å². The minimum atomic E-state index is -0.936. The molecule has 0 aliphatic heterocycles. The van der Waals surface area contributed by atoms with E-state index in [1.165, 1.54) is 43.4 Å². The normalized spacial score (nSPS) is 24.7. The number of hydrogen-bond acceptors (Lipinski definition) is 4. The zero-order valence-electron chi connectivity index (χ0n) is 10.7. The second-order valence-corrected chi connectivity index (χ2v) is 5.91. The third kappa shape index (κ3) is 3.53. The molecule has 0 bridgehead atoms. The van der Waals surface area contributed by atoms with Crippen LogP contribution in [0.15, 0.2) is 5.38 Å². The predicted molar refractivity (Wildman–Crippen MR) is 72.0 cm³/mol. The Balaban J connectivity index is 1.87. The van der Waals surface area contributed by atoms with Crippen molar-refractivity contribution in [2.45, 2.75) is 51.6 Å². The fourth-order valence-corrected chi connectivity index (χ4v) is 3.17. The molecule has 4 nitrogen and oxygen atoms in total. The minimum absolute atomic E-state index is 0.181. The molecule has 1 saturated carbocycles. The first-order valence-corrected chi connectivity index (χ1v) is 7.46. The van der Waals surface area contributed by atoms with Crippen molar-refractivity contribution in [1.82, 2.24) is 10.3 Å². The number of hydrogen-bond donors (Lipinski definition) is 2.